The van der Waals surface area contributed by atoms with E-state index in [0.29, 0.717) is 50.3 Å². The lowest BCUT2D eigenvalue weighted by Gasteiger charge is -2.33. The molecule has 2 amide bonds. The predicted octanol–water partition coefficient (Wildman–Crippen LogP) is 1.45. The number of hydrogen-bond donors (Lipinski definition) is 1. The van der Waals surface area contributed by atoms with Crippen LogP contribution in [0.25, 0.3) is 0 Å². The zero-order valence-electron chi connectivity index (χ0n) is 15.2. The number of carbonyl (C=O) groups excluding carboxylic acids is 2. The van der Waals surface area contributed by atoms with E-state index in [4.69, 9.17) is 0 Å². The normalized spacial score (nSPS) is 18.5. The Bertz CT molecular complexity index is 810. The van der Waals surface area contributed by atoms with Gasteiger partial charge in [-0.25, -0.2) is 8.42 Å². The molecular weight excluding hydrogens is 354 g/mol. The van der Waals surface area contributed by atoms with Crippen molar-refractivity contribution in [2.24, 2.45) is 5.92 Å². The number of hydrogen-bond acceptors (Lipinski definition) is 4. The molecule has 0 aliphatic carbocycles. The zero-order chi connectivity index (χ0) is 18.9. The van der Waals surface area contributed by atoms with Crippen molar-refractivity contribution in [2.75, 3.05) is 31.5 Å². The lowest BCUT2D eigenvalue weighted by atomic mass is 9.96. The fourth-order valence-electron chi connectivity index (χ4n) is 3.65. The zero-order valence-corrected chi connectivity index (χ0v) is 16.0. The van der Waals surface area contributed by atoms with Gasteiger partial charge in [0.25, 0.3) is 0 Å². The summed E-state index contributed by atoms with van der Waals surface area (Å²) in [5.74, 6) is -0.109. The number of anilines is 1. The molecule has 0 radical (unpaired) electrons. The van der Waals surface area contributed by atoms with E-state index in [1.165, 1.54) is 10.4 Å². The van der Waals surface area contributed by atoms with Gasteiger partial charge in [-0.15, -0.1) is 0 Å². The van der Waals surface area contributed by atoms with Crippen molar-refractivity contribution in [1.82, 2.24) is 9.21 Å². The van der Waals surface area contributed by atoms with E-state index >= 15 is 0 Å². The molecule has 3 rings (SSSR count). The van der Waals surface area contributed by atoms with Crippen molar-refractivity contribution < 1.29 is 18.0 Å². The summed E-state index contributed by atoms with van der Waals surface area (Å²) in [4.78, 5) is 25.9. The first-order valence-corrected chi connectivity index (χ1v) is 10.5. The van der Waals surface area contributed by atoms with Crippen LogP contribution in [0.5, 0.6) is 0 Å². The van der Waals surface area contributed by atoms with Crippen LogP contribution in [0.2, 0.25) is 0 Å². The van der Waals surface area contributed by atoms with Crippen LogP contribution >= 0.6 is 0 Å². The van der Waals surface area contributed by atoms with E-state index in [9.17, 15) is 18.0 Å². The van der Waals surface area contributed by atoms with Gasteiger partial charge in [-0.2, -0.15) is 4.31 Å². The summed E-state index contributed by atoms with van der Waals surface area (Å²) in [5.41, 5.74) is 1.39. The molecule has 2 aliphatic rings. The van der Waals surface area contributed by atoms with E-state index in [1.54, 1.807) is 17.0 Å². The molecule has 1 fully saturated rings. The Kier molecular flexibility index (Phi) is 5.34. The summed E-state index contributed by atoms with van der Waals surface area (Å²) in [7, 11) is -3.61. The van der Waals surface area contributed by atoms with Crippen molar-refractivity contribution in [3.05, 3.63) is 23.8 Å². The molecule has 7 nitrogen and oxygen atoms in total. The fourth-order valence-corrected chi connectivity index (χ4v) is 5.17. The lowest BCUT2D eigenvalue weighted by molar-refractivity contribution is -0.136. The van der Waals surface area contributed by atoms with Crippen LogP contribution in [-0.2, 0) is 26.0 Å². The summed E-state index contributed by atoms with van der Waals surface area (Å²) in [6, 6.07) is 4.76. The maximum absolute atomic E-state index is 12.9. The van der Waals surface area contributed by atoms with Crippen molar-refractivity contribution in [2.45, 2.75) is 38.0 Å². The van der Waals surface area contributed by atoms with Gasteiger partial charge in [-0.05, 0) is 50.5 Å². The van der Waals surface area contributed by atoms with Crippen LogP contribution in [0.3, 0.4) is 0 Å². The number of carbonyl (C=O) groups is 2. The molecule has 1 aromatic rings. The highest BCUT2D eigenvalue weighted by molar-refractivity contribution is 7.89. The highest BCUT2D eigenvalue weighted by atomic mass is 32.2. The Morgan fingerprint density at radius 3 is 2.50 bits per heavy atom. The smallest absolute Gasteiger partial charge is 0.243 e. The van der Waals surface area contributed by atoms with E-state index in [2.05, 4.69) is 5.32 Å². The van der Waals surface area contributed by atoms with Gasteiger partial charge in [-0.1, -0.05) is 0 Å². The van der Waals surface area contributed by atoms with E-state index < -0.39 is 10.0 Å². The number of sulfonamides is 1. The molecule has 0 saturated carbocycles. The van der Waals surface area contributed by atoms with Crippen molar-refractivity contribution >= 4 is 27.5 Å². The summed E-state index contributed by atoms with van der Waals surface area (Å²) in [6.07, 6.45) is 1.29. The molecular formula is C18H25N3O4S. The quantitative estimate of drug-likeness (QED) is 0.839. The Balaban J connectivity index is 1.70. The van der Waals surface area contributed by atoms with E-state index in [0.717, 1.165) is 0 Å². The third-order valence-electron chi connectivity index (χ3n) is 5.22. The van der Waals surface area contributed by atoms with Crippen LogP contribution in [0.1, 0.15) is 32.3 Å². The van der Waals surface area contributed by atoms with Crippen LogP contribution in [0.4, 0.5) is 5.69 Å². The summed E-state index contributed by atoms with van der Waals surface area (Å²) < 4.78 is 27.3. The van der Waals surface area contributed by atoms with Gasteiger partial charge in [0.05, 0.1) is 11.3 Å². The lowest BCUT2D eigenvalue weighted by Crippen LogP contribution is -2.44. The molecule has 0 bridgehead atoms. The van der Waals surface area contributed by atoms with Gasteiger partial charge in [0.1, 0.15) is 0 Å². The molecule has 1 N–H and O–H groups in total. The van der Waals surface area contributed by atoms with Crippen molar-refractivity contribution in [3.8, 4) is 0 Å². The second-order valence-electron chi connectivity index (χ2n) is 6.73. The molecule has 8 heteroatoms. The van der Waals surface area contributed by atoms with Gasteiger partial charge < -0.3 is 10.2 Å². The van der Waals surface area contributed by atoms with Gasteiger partial charge in [0, 0.05) is 37.8 Å². The summed E-state index contributed by atoms with van der Waals surface area (Å²) >= 11 is 0. The minimum absolute atomic E-state index is 0.108. The second kappa shape index (κ2) is 7.36. The molecule has 0 atom stereocenters. The standard InChI is InChI=1S/C18H25N3O4S/c1-3-20(4-2)18(23)13-7-9-21(10-8-13)26(24,25)15-5-6-16-14(11-15)12-17(22)19-16/h5-6,11,13H,3-4,7-10,12H2,1-2H3,(H,19,22). The number of benzene rings is 1. The van der Waals surface area contributed by atoms with Gasteiger partial charge in [-0.3, -0.25) is 9.59 Å². The van der Waals surface area contributed by atoms with Gasteiger partial charge in [0.15, 0.2) is 0 Å². The minimum Gasteiger partial charge on any atom is -0.343 e. The fraction of sp³-hybridized carbons (Fsp3) is 0.556. The first-order valence-electron chi connectivity index (χ1n) is 9.08. The number of nitrogens with zero attached hydrogens (tertiary/aromatic N) is 2. The minimum atomic E-state index is -3.61. The number of piperidine rings is 1. The maximum Gasteiger partial charge on any atom is 0.243 e. The molecule has 26 heavy (non-hydrogen) atoms. The largest absolute Gasteiger partial charge is 0.343 e. The molecule has 1 aromatic carbocycles. The average Bonchev–Trinajstić information content (AvgIpc) is 3.02. The number of fused-ring (bicyclic) bond motifs is 1. The molecule has 2 heterocycles. The van der Waals surface area contributed by atoms with Gasteiger partial charge >= 0.3 is 0 Å². The van der Waals surface area contributed by atoms with Crippen LogP contribution < -0.4 is 5.32 Å². The molecule has 142 valence electrons. The molecule has 0 unspecified atom stereocenters. The molecule has 0 spiro atoms. The monoisotopic (exact) mass is 379 g/mol. The SMILES string of the molecule is CCN(CC)C(=O)C1CCN(S(=O)(=O)c2ccc3c(c2)CC(=O)N3)CC1. The summed E-state index contributed by atoms with van der Waals surface area (Å²) in [6.45, 7) is 5.94. The Morgan fingerprint density at radius 1 is 1.23 bits per heavy atom. The first-order chi connectivity index (χ1) is 12.4. The van der Waals surface area contributed by atoms with Gasteiger partial charge in [0.2, 0.25) is 21.8 Å². The van der Waals surface area contributed by atoms with Crippen LogP contribution in [-0.4, -0.2) is 55.6 Å². The van der Waals surface area contributed by atoms with E-state index in [-0.39, 0.29) is 29.0 Å². The maximum atomic E-state index is 12.9. The average molecular weight is 379 g/mol. The number of amides is 2. The summed E-state index contributed by atoms with van der Waals surface area (Å²) in [5, 5.41) is 2.71. The third kappa shape index (κ3) is 3.48. The van der Waals surface area contributed by atoms with Crippen LogP contribution in [0.15, 0.2) is 23.1 Å². The van der Waals surface area contributed by atoms with Crippen molar-refractivity contribution in [1.29, 1.82) is 0 Å². The van der Waals surface area contributed by atoms with Crippen molar-refractivity contribution in [3.63, 3.8) is 0 Å². The molecule has 0 aromatic heterocycles. The molecule has 2 aliphatic heterocycles. The predicted molar refractivity (Wildman–Crippen MR) is 98.2 cm³/mol. The Morgan fingerprint density at radius 2 is 1.88 bits per heavy atom. The highest BCUT2D eigenvalue weighted by Crippen LogP contribution is 2.29. The first kappa shape index (κ1) is 18.8. The van der Waals surface area contributed by atoms with E-state index in [1.807, 2.05) is 13.8 Å². The Labute approximate surface area is 154 Å². The topological polar surface area (TPSA) is 86.8 Å². The third-order valence-corrected chi connectivity index (χ3v) is 7.11. The van der Waals surface area contributed by atoms with Crippen LogP contribution in [0, 0.1) is 5.92 Å². The Hall–Kier alpha value is -1.93. The number of rotatable bonds is 5. The molecule has 1 saturated heterocycles. The number of nitrogens with one attached hydrogen (secondary N) is 1. The second-order valence-corrected chi connectivity index (χ2v) is 8.67. The highest BCUT2D eigenvalue weighted by Gasteiger charge is 2.34.